The Morgan fingerprint density at radius 3 is 2.92 bits per heavy atom. The van der Waals surface area contributed by atoms with Crippen molar-refractivity contribution in [1.82, 2.24) is 5.32 Å². The Morgan fingerprint density at radius 2 is 2.38 bits per heavy atom. The minimum Gasteiger partial charge on any atom is -0.389 e. The quantitative estimate of drug-likeness (QED) is 0.756. The number of nitrogens with one attached hydrogen (secondary N) is 1. The van der Waals surface area contributed by atoms with E-state index >= 15 is 0 Å². The van der Waals surface area contributed by atoms with E-state index in [4.69, 9.17) is 0 Å². The van der Waals surface area contributed by atoms with Crippen LogP contribution < -0.4 is 5.32 Å². The lowest BCUT2D eigenvalue weighted by Gasteiger charge is -2.22. The van der Waals surface area contributed by atoms with Crippen molar-refractivity contribution in [3.63, 3.8) is 0 Å². The molecule has 1 heterocycles. The number of aryl methyl sites for hydroxylation is 1. The second-order valence-corrected chi connectivity index (χ2v) is 4.44. The zero-order valence-electron chi connectivity index (χ0n) is 8.21. The van der Waals surface area contributed by atoms with Gasteiger partial charge in [0.25, 0.3) is 0 Å². The van der Waals surface area contributed by atoms with Crippen molar-refractivity contribution in [3.8, 4) is 0 Å². The molecule has 74 valence electrons. The second-order valence-electron chi connectivity index (χ2n) is 3.66. The fourth-order valence-corrected chi connectivity index (χ4v) is 2.02. The summed E-state index contributed by atoms with van der Waals surface area (Å²) >= 11 is 1.71. The van der Waals surface area contributed by atoms with Crippen LogP contribution in [0.5, 0.6) is 0 Å². The van der Waals surface area contributed by atoms with Gasteiger partial charge in [-0.05, 0) is 49.2 Å². The zero-order chi connectivity index (χ0) is 9.73. The van der Waals surface area contributed by atoms with E-state index in [2.05, 4.69) is 22.1 Å². The van der Waals surface area contributed by atoms with Crippen molar-refractivity contribution >= 4 is 11.3 Å². The summed E-state index contributed by atoms with van der Waals surface area (Å²) in [7, 11) is 1.86. The van der Waals surface area contributed by atoms with Gasteiger partial charge in [-0.3, -0.25) is 0 Å². The lowest BCUT2D eigenvalue weighted by molar-refractivity contribution is 0.0532. The van der Waals surface area contributed by atoms with Crippen molar-refractivity contribution < 1.29 is 5.11 Å². The summed E-state index contributed by atoms with van der Waals surface area (Å²) in [4.78, 5) is 0. The van der Waals surface area contributed by atoms with Crippen LogP contribution in [0.1, 0.15) is 18.9 Å². The SMILES string of the molecule is CNCC(C)(O)CCc1ccsc1. The first-order chi connectivity index (χ1) is 6.14. The number of hydrogen-bond acceptors (Lipinski definition) is 3. The Balaban J connectivity index is 2.33. The third-order valence-corrected chi connectivity index (χ3v) is 2.82. The first-order valence-electron chi connectivity index (χ1n) is 4.52. The van der Waals surface area contributed by atoms with Crippen molar-refractivity contribution in [2.24, 2.45) is 0 Å². The predicted molar refractivity (Wildman–Crippen MR) is 57.2 cm³/mol. The van der Waals surface area contributed by atoms with Crippen molar-refractivity contribution in [2.75, 3.05) is 13.6 Å². The maximum atomic E-state index is 9.85. The number of aliphatic hydroxyl groups is 1. The summed E-state index contributed by atoms with van der Waals surface area (Å²) in [6.45, 7) is 2.52. The Bertz CT molecular complexity index is 231. The molecule has 2 N–H and O–H groups in total. The van der Waals surface area contributed by atoms with E-state index in [-0.39, 0.29) is 0 Å². The van der Waals surface area contributed by atoms with Crippen LogP contribution in [0, 0.1) is 0 Å². The van der Waals surface area contributed by atoms with Gasteiger partial charge in [0.1, 0.15) is 0 Å². The van der Waals surface area contributed by atoms with Crippen molar-refractivity contribution in [1.29, 1.82) is 0 Å². The molecular weight excluding hydrogens is 182 g/mol. The average Bonchev–Trinajstić information content (AvgIpc) is 2.52. The normalized spacial score (nSPS) is 15.6. The number of rotatable bonds is 5. The van der Waals surface area contributed by atoms with E-state index in [1.165, 1.54) is 5.56 Å². The fraction of sp³-hybridized carbons (Fsp3) is 0.600. The highest BCUT2D eigenvalue weighted by atomic mass is 32.1. The van der Waals surface area contributed by atoms with Gasteiger partial charge >= 0.3 is 0 Å². The van der Waals surface area contributed by atoms with Gasteiger partial charge in [0.05, 0.1) is 5.60 Å². The van der Waals surface area contributed by atoms with Crippen LogP contribution in [0.2, 0.25) is 0 Å². The summed E-state index contributed by atoms with van der Waals surface area (Å²) in [5.74, 6) is 0. The van der Waals surface area contributed by atoms with Crippen LogP contribution >= 0.6 is 11.3 Å². The third kappa shape index (κ3) is 3.89. The molecule has 0 aromatic carbocycles. The van der Waals surface area contributed by atoms with Crippen LogP contribution in [0.15, 0.2) is 16.8 Å². The molecule has 1 aromatic heterocycles. The number of hydrogen-bond donors (Lipinski definition) is 2. The molecule has 0 aliphatic carbocycles. The van der Waals surface area contributed by atoms with Gasteiger partial charge in [-0.25, -0.2) is 0 Å². The fourth-order valence-electron chi connectivity index (χ4n) is 1.32. The lowest BCUT2D eigenvalue weighted by Crippen LogP contribution is -2.36. The van der Waals surface area contributed by atoms with Crippen LogP contribution in [-0.2, 0) is 6.42 Å². The molecule has 0 spiro atoms. The van der Waals surface area contributed by atoms with E-state index in [9.17, 15) is 5.11 Å². The van der Waals surface area contributed by atoms with Gasteiger partial charge in [0, 0.05) is 6.54 Å². The first kappa shape index (κ1) is 10.7. The summed E-state index contributed by atoms with van der Waals surface area (Å²) < 4.78 is 0. The van der Waals surface area contributed by atoms with E-state index in [0.29, 0.717) is 6.54 Å². The molecule has 13 heavy (non-hydrogen) atoms. The molecule has 0 saturated heterocycles. The Labute approximate surface area is 83.6 Å². The van der Waals surface area contributed by atoms with Crippen LogP contribution in [-0.4, -0.2) is 24.3 Å². The first-order valence-corrected chi connectivity index (χ1v) is 5.46. The van der Waals surface area contributed by atoms with Gasteiger partial charge in [0.2, 0.25) is 0 Å². The molecule has 1 unspecified atom stereocenters. The minimum absolute atomic E-state index is 0.587. The third-order valence-electron chi connectivity index (χ3n) is 2.09. The molecule has 1 aromatic rings. The number of likely N-dealkylation sites (N-methyl/N-ethyl adjacent to an activating group) is 1. The molecule has 1 rings (SSSR count). The van der Waals surface area contributed by atoms with Crippen LogP contribution in [0.25, 0.3) is 0 Å². The van der Waals surface area contributed by atoms with E-state index in [1.807, 2.05) is 14.0 Å². The largest absolute Gasteiger partial charge is 0.389 e. The molecule has 0 aliphatic heterocycles. The van der Waals surface area contributed by atoms with Crippen LogP contribution in [0.4, 0.5) is 0 Å². The lowest BCUT2D eigenvalue weighted by atomic mass is 9.98. The molecule has 0 radical (unpaired) electrons. The minimum atomic E-state index is -0.587. The molecule has 0 fully saturated rings. The van der Waals surface area contributed by atoms with Gasteiger partial charge in [0.15, 0.2) is 0 Å². The van der Waals surface area contributed by atoms with Crippen molar-refractivity contribution in [3.05, 3.63) is 22.4 Å². The highest BCUT2D eigenvalue weighted by Gasteiger charge is 2.18. The highest BCUT2D eigenvalue weighted by Crippen LogP contribution is 2.15. The van der Waals surface area contributed by atoms with Gasteiger partial charge in [-0.2, -0.15) is 11.3 Å². The molecular formula is C10H17NOS. The second kappa shape index (κ2) is 4.74. The maximum absolute atomic E-state index is 9.85. The maximum Gasteiger partial charge on any atom is 0.0746 e. The van der Waals surface area contributed by atoms with Gasteiger partial charge < -0.3 is 10.4 Å². The van der Waals surface area contributed by atoms with E-state index in [0.717, 1.165) is 12.8 Å². The van der Waals surface area contributed by atoms with Crippen molar-refractivity contribution in [2.45, 2.75) is 25.4 Å². The molecule has 3 heteroatoms. The molecule has 0 bridgehead atoms. The topological polar surface area (TPSA) is 32.3 Å². The molecule has 0 saturated carbocycles. The molecule has 0 aliphatic rings. The van der Waals surface area contributed by atoms with E-state index < -0.39 is 5.60 Å². The Kier molecular flexibility index (Phi) is 3.90. The summed E-state index contributed by atoms with van der Waals surface area (Å²) in [6, 6.07) is 2.11. The van der Waals surface area contributed by atoms with Gasteiger partial charge in [-0.1, -0.05) is 0 Å². The van der Waals surface area contributed by atoms with Gasteiger partial charge in [-0.15, -0.1) is 0 Å². The monoisotopic (exact) mass is 199 g/mol. The standard InChI is InChI=1S/C10H17NOS/c1-10(12,8-11-2)5-3-9-4-6-13-7-9/h4,6-7,11-12H,3,5,8H2,1-2H3. The summed E-state index contributed by atoms with van der Waals surface area (Å²) in [5, 5.41) is 17.1. The zero-order valence-corrected chi connectivity index (χ0v) is 9.03. The Morgan fingerprint density at radius 1 is 1.62 bits per heavy atom. The summed E-state index contributed by atoms with van der Waals surface area (Å²) in [5.41, 5.74) is 0.734. The highest BCUT2D eigenvalue weighted by molar-refractivity contribution is 7.07. The average molecular weight is 199 g/mol. The molecule has 2 nitrogen and oxygen atoms in total. The molecule has 0 amide bonds. The predicted octanol–water partition coefficient (Wildman–Crippen LogP) is 1.65. The molecule has 1 atom stereocenters. The van der Waals surface area contributed by atoms with Crippen LogP contribution in [0.3, 0.4) is 0 Å². The summed E-state index contributed by atoms with van der Waals surface area (Å²) in [6.07, 6.45) is 1.77. The number of thiophene rings is 1. The smallest absolute Gasteiger partial charge is 0.0746 e. The Hall–Kier alpha value is -0.380. The van der Waals surface area contributed by atoms with E-state index in [1.54, 1.807) is 11.3 Å².